The van der Waals surface area contributed by atoms with Crippen LogP contribution in [-0.2, 0) is 9.53 Å². The van der Waals surface area contributed by atoms with Crippen molar-refractivity contribution in [3.8, 4) is 5.75 Å². The van der Waals surface area contributed by atoms with Crippen LogP contribution in [0.25, 0.3) is 0 Å². The minimum absolute atomic E-state index is 0.239. The van der Waals surface area contributed by atoms with Gasteiger partial charge in [-0.15, -0.1) is 0 Å². The number of nitrogens with one attached hydrogen (secondary N) is 2. The number of urea groups is 1. The Morgan fingerprint density at radius 3 is 2.70 bits per heavy atom. The number of amides is 3. The predicted molar refractivity (Wildman–Crippen MR) is 65.3 cm³/mol. The van der Waals surface area contributed by atoms with Crippen molar-refractivity contribution in [1.29, 1.82) is 0 Å². The van der Waals surface area contributed by atoms with Gasteiger partial charge in [0.15, 0.2) is 18.2 Å². The van der Waals surface area contributed by atoms with E-state index >= 15 is 0 Å². The van der Waals surface area contributed by atoms with Gasteiger partial charge in [-0.3, -0.25) is 10.1 Å². The van der Waals surface area contributed by atoms with Crippen molar-refractivity contribution in [2.75, 3.05) is 26.9 Å². The molecule has 1 rings (SSSR count). The molecule has 8 heteroatoms. The number of rotatable bonds is 6. The lowest BCUT2D eigenvalue weighted by Crippen LogP contribution is -2.42. The first-order valence-electron chi connectivity index (χ1n) is 5.67. The molecule has 3 amide bonds. The number of ether oxygens (including phenoxy) is 2. The SMILES string of the molecule is COCCNC(=O)NC(=O)COc1ccc(F)cc1F. The summed E-state index contributed by atoms with van der Waals surface area (Å²) in [5, 5.41) is 4.33. The summed E-state index contributed by atoms with van der Waals surface area (Å²) < 4.78 is 35.3. The van der Waals surface area contributed by atoms with E-state index in [9.17, 15) is 18.4 Å². The Kier molecular flexibility index (Phi) is 6.38. The zero-order valence-electron chi connectivity index (χ0n) is 10.7. The van der Waals surface area contributed by atoms with Crippen molar-refractivity contribution in [3.63, 3.8) is 0 Å². The normalized spacial score (nSPS) is 9.95. The molecule has 0 atom stereocenters. The Morgan fingerprint density at radius 1 is 1.30 bits per heavy atom. The zero-order valence-corrected chi connectivity index (χ0v) is 10.7. The number of hydrogen-bond acceptors (Lipinski definition) is 4. The van der Waals surface area contributed by atoms with E-state index in [4.69, 9.17) is 9.47 Å². The number of carbonyl (C=O) groups is 2. The molecule has 0 radical (unpaired) electrons. The van der Waals surface area contributed by atoms with Crippen molar-refractivity contribution in [1.82, 2.24) is 10.6 Å². The Bertz CT molecular complexity index is 483. The van der Waals surface area contributed by atoms with Crippen LogP contribution in [0.3, 0.4) is 0 Å². The lowest BCUT2D eigenvalue weighted by atomic mass is 10.3. The number of hydrogen-bond donors (Lipinski definition) is 2. The summed E-state index contributed by atoms with van der Waals surface area (Å²) >= 11 is 0. The molecule has 0 unspecified atom stereocenters. The molecule has 0 saturated carbocycles. The first kappa shape index (κ1) is 15.8. The lowest BCUT2D eigenvalue weighted by molar-refractivity contribution is -0.122. The van der Waals surface area contributed by atoms with Crippen molar-refractivity contribution in [2.24, 2.45) is 0 Å². The molecule has 0 saturated heterocycles. The largest absolute Gasteiger partial charge is 0.481 e. The van der Waals surface area contributed by atoms with Crippen LogP contribution < -0.4 is 15.4 Å². The minimum Gasteiger partial charge on any atom is -0.481 e. The average molecular weight is 288 g/mol. The van der Waals surface area contributed by atoms with Crippen molar-refractivity contribution < 1.29 is 27.8 Å². The molecule has 0 spiro atoms. The molecule has 6 nitrogen and oxygen atoms in total. The summed E-state index contributed by atoms with van der Waals surface area (Å²) in [6, 6.07) is 1.96. The first-order valence-corrected chi connectivity index (χ1v) is 5.67. The quantitative estimate of drug-likeness (QED) is 0.760. The van der Waals surface area contributed by atoms with Gasteiger partial charge in [-0.25, -0.2) is 13.6 Å². The van der Waals surface area contributed by atoms with Crippen LogP contribution in [-0.4, -0.2) is 38.8 Å². The molecule has 0 aliphatic heterocycles. The van der Waals surface area contributed by atoms with Crippen molar-refractivity contribution >= 4 is 11.9 Å². The second kappa shape index (κ2) is 8.05. The smallest absolute Gasteiger partial charge is 0.321 e. The molecule has 1 aromatic rings. The molecule has 0 heterocycles. The highest BCUT2D eigenvalue weighted by Gasteiger charge is 2.10. The molecule has 0 bridgehead atoms. The van der Waals surface area contributed by atoms with Gasteiger partial charge in [-0.1, -0.05) is 0 Å². The van der Waals surface area contributed by atoms with Crippen LogP contribution in [0, 0.1) is 11.6 Å². The first-order chi connectivity index (χ1) is 9.52. The van der Waals surface area contributed by atoms with E-state index in [0.717, 1.165) is 12.1 Å². The summed E-state index contributed by atoms with van der Waals surface area (Å²) in [5.41, 5.74) is 0. The zero-order chi connectivity index (χ0) is 15.0. The van der Waals surface area contributed by atoms with Crippen LogP contribution in [0.2, 0.25) is 0 Å². The highest BCUT2D eigenvalue weighted by molar-refractivity contribution is 5.94. The number of imide groups is 1. The molecule has 0 fully saturated rings. The van der Waals surface area contributed by atoms with E-state index in [1.165, 1.54) is 7.11 Å². The van der Waals surface area contributed by atoms with Crippen LogP contribution >= 0.6 is 0 Å². The van der Waals surface area contributed by atoms with Gasteiger partial charge >= 0.3 is 6.03 Å². The monoisotopic (exact) mass is 288 g/mol. The maximum atomic E-state index is 13.2. The van der Waals surface area contributed by atoms with Gasteiger partial charge < -0.3 is 14.8 Å². The Morgan fingerprint density at radius 2 is 2.05 bits per heavy atom. The molecule has 20 heavy (non-hydrogen) atoms. The van der Waals surface area contributed by atoms with Gasteiger partial charge in [0.1, 0.15) is 5.82 Å². The van der Waals surface area contributed by atoms with Crippen LogP contribution in [0.1, 0.15) is 0 Å². The maximum absolute atomic E-state index is 13.2. The number of methoxy groups -OCH3 is 1. The Balaban J connectivity index is 2.34. The van der Waals surface area contributed by atoms with Gasteiger partial charge in [0.25, 0.3) is 5.91 Å². The summed E-state index contributed by atoms with van der Waals surface area (Å²) in [7, 11) is 1.47. The Labute approximate surface area is 114 Å². The third kappa shape index (κ3) is 5.61. The van der Waals surface area contributed by atoms with Gasteiger partial charge in [-0.2, -0.15) is 0 Å². The van der Waals surface area contributed by atoms with E-state index in [2.05, 4.69) is 5.32 Å². The summed E-state index contributed by atoms with van der Waals surface area (Å²) in [5.74, 6) is -2.72. The average Bonchev–Trinajstić information content (AvgIpc) is 2.38. The molecule has 0 aliphatic carbocycles. The summed E-state index contributed by atoms with van der Waals surface area (Å²) in [6.45, 7) is -0.0256. The van der Waals surface area contributed by atoms with Crippen LogP contribution in [0.5, 0.6) is 5.75 Å². The topological polar surface area (TPSA) is 76.7 Å². The van der Waals surface area contributed by atoms with E-state index in [0.29, 0.717) is 12.7 Å². The molecule has 0 aliphatic rings. The fourth-order valence-corrected chi connectivity index (χ4v) is 1.21. The summed E-state index contributed by atoms with van der Waals surface area (Å²) in [6.07, 6.45) is 0. The Hall–Kier alpha value is -2.22. The van der Waals surface area contributed by atoms with Crippen LogP contribution in [0.4, 0.5) is 13.6 Å². The second-order valence-corrected chi connectivity index (χ2v) is 3.66. The molecule has 110 valence electrons. The van der Waals surface area contributed by atoms with Gasteiger partial charge in [0, 0.05) is 19.7 Å². The van der Waals surface area contributed by atoms with Gasteiger partial charge in [0.2, 0.25) is 0 Å². The molecule has 0 aromatic heterocycles. The van der Waals surface area contributed by atoms with Gasteiger partial charge in [0.05, 0.1) is 6.61 Å². The third-order valence-corrected chi connectivity index (χ3v) is 2.10. The number of benzene rings is 1. The fourth-order valence-electron chi connectivity index (χ4n) is 1.21. The van der Waals surface area contributed by atoms with E-state index in [1.807, 2.05) is 5.32 Å². The van der Waals surface area contributed by atoms with Crippen LogP contribution in [0.15, 0.2) is 18.2 Å². The van der Waals surface area contributed by atoms with E-state index in [1.54, 1.807) is 0 Å². The van der Waals surface area contributed by atoms with Crippen molar-refractivity contribution in [2.45, 2.75) is 0 Å². The summed E-state index contributed by atoms with van der Waals surface area (Å²) in [4.78, 5) is 22.5. The lowest BCUT2D eigenvalue weighted by Gasteiger charge is -2.08. The third-order valence-electron chi connectivity index (χ3n) is 2.10. The second-order valence-electron chi connectivity index (χ2n) is 3.66. The van der Waals surface area contributed by atoms with E-state index in [-0.39, 0.29) is 12.3 Å². The maximum Gasteiger partial charge on any atom is 0.321 e. The molecule has 2 N–H and O–H groups in total. The van der Waals surface area contributed by atoms with Gasteiger partial charge in [-0.05, 0) is 12.1 Å². The highest BCUT2D eigenvalue weighted by Crippen LogP contribution is 2.17. The van der Waals surface area contributed by atoms with E-state index < -0.39 is 30.2 Å². The molecular weight excluding hydrogens is 274 g/mol. The number of halogens is 2. The highest BCUT2D eigenvalue weighted by atomic mass is 19.1. The predicted octanol–water partition coefficient (Wildman–Crippen LogP) is 0.816. The standard InChI is InChI=1S/C12H14F2N2O4/c1-19-5-4-15-12(18)16-11(17)7-20-10-3-2-8(13)6-9(10)14/h2-3,6H,4-5,7H2,1H3,(H2,15,16,17,18). The fraction of sp³-hybridized carbons (Fsp3) is 0.333. The molecular formula is C12H14F2N2O4. The number of carbonyl (C=O) groups excluding carboxylic acids is 2. The van der Waals surface area contributed by atoms with Crippen molar-refractivity contribution in [3.05, 3.63) is 29.8 Å². The minimum atomic E-state index is -0.928. The molecule has 1 aromatic carbocycles.